The first-order valence-electron chi connectivity index (χ1n) is 10.9. The molecule has 3 rings (SSSR count). The molecule has 0 aliphatic rings. The number of carbonyl (C=O) groups excluding carboxylic acids is 1. The van der Waals surface area contributed by atoms with E-state index in [4.69, 9.17) is 0 Å². The SMILES string of the molecule is CCCCC(=O)N(Cc1ccc(-c2ccccc2-c2nn[nH]n2)cc1)[C@H](C(=O)O)C(C)C.[H-].[H-].[K+].[K+]. The van der Waals surface area contributed by atoms with E-state index >= 15 is 0 Å². The zero-order valence-electron chi connectivity index (χ0n) is 22.7. The maximum absolute atomic E-state index is 12.9. The number of nitrogens with zero attached hydrogens (tertiary/aromatic N) is 4. The van der Waals surface area contributed by atoms with E-state index in [9.17, 15) is 14.7 Å². The average Bonchev–Trinajstić information content (AvgIpc) is 3.32. The largest absolute Gasteiger partial charge is 1.00 e. The molecule has 3 aromatic rings. The van der Waals surface area contributed by atoms with Crippen molar-refractivity contribution in [2.75, 3.05) is 0 Å². The number of unbranched alkanes of at least 4 members (excludes halogenated alkanes) is 1. The number of hydrogen-bond acceptors (Lipinski definition) is 5. The number of aliphatic carboxylic acids is 1. The van der Waals surface area contributed by atoms with Gasteiger partial charge in [-0.1, -0.05) is 75.7 Å². The van der Waals surface area contributed by atoms with Crippen LogP contribution >= 0.6 is 0 Å². The Labute approximate surface area is 288 Å². The van der Waals surface area contributed by atoms with E-state index in [1.54, 1.807) is 0 Å². The summed E-state index contributed by atoms with van der Waals surface area (Å²) in [5.41, 5.74) is 3.66. The number of amides is 1. The topological polar surface area (TPSA) is 112 Å². The minimum Gasteiger partial charge on any atom is -1.00 e. The van der Waals surface area contributed by atoms with Gasteiger partial charge < -0.3 is 12.9 Å². The molecular weight excluding hydrogens is 484 g/mol. The van der Waals surface area contributed by atoms with Gasteiger partial charge in [0.1, 0.15) is 6.04 Å². The van der Waals surface area contributed by atoms with Crippen LogP contribution in [0.3, 0.4) is 0 Å². The second-order valence-corrected chi connectivity index (χ2v) is 8.13. The molecule has 0 aliphatic heterocycles. The van der Waals surface area contributed by atoms with Gasteiger partial charge in [-0.05, 0) is 34.2 Å². The summed E-state index contributed by atoms with van der Waals surface area (Å²) in [5, 5.41) is 24.0. The van der Waals surface area contributed by atoms with Gasteiger partial charge in [0.25, 0.3) is 0 Å². The van der Waals surface area contributed by atoms with Crippen LogP contribution in [0.15, 0.2) is 48.5 Å². The molecule has 10 heteroatoms. The summed E-state index contributed by atoms with van der Waals surface area (Å²) in [5.74, 6) is -0.784. The Morgan fingerprint density at radius 2 is 1.71 bits per heavy atom. The van der Waals surface area contributed by atoms with Gasteiger partial charge in [-0.2, -0.15) is 5.21 Å². The van der Waals surface area contributed by atoms with Crippen LogP contribution in [-0.2, 0) is 16.1 Å². The van der Waals surface area contributed by atoms with E-state index in [-0.39, 0.29) is 124 Å². The van der Waals surface area contributed by atoms with Gasteiger partial charge in [0, 0.05) is 18.5 Å². The molecule has 0 bridgehead atoms. The third-order valence-electron chi connectivity index (χ3n) is 5.42. The van der Waals surface area contributed by atoms with Gasteiger partial charge in [-0.3, -0.25) is 4.79 Å². The first kappa shape index (κ1) is 31.8. The molecule has 0 unspecified atom stereocenters. The van der Waals surface area contributed by atoms with Crippen LogP contribution in [0.4, 0.5) is 0 Å². The fourth-order valence-electron chi connectivity index (χ4n) is 3.78. The zero-order chi connectivity index (χ0) is 23.1. The van der Waals surface area contributed by atoms with Crippen LogP contribution in [0.5, 0.6) is 0 Å². The van der Waals surface area contributed by atoms with Crippen molar-refractivity contribution in [3.63, 3.8) is 0 Å². The maximum atomic E-state index is 12.9. The number of carbonyl (C=O) groups is 2. The number of H-pyrrole nitrogens is 1. The summed E-state index contributed by atoms with van der Waals surface area (Å²) in [6.45, 7) is 5.93. The third-order valence-corrected chi connectivity index (χ3v) is 5.42. The van der Waals surface area contributed by atoms with Crippen molar-refractivity contribution in [3.8, 4) is 22.5 Å². The van der Waals surface area contributed by atoms with E-state index in [2.05, 4.69) is 20.6 Å². The van der Waals surface area contributed by atoms with Gasteiger partial charge in [0.2, 0.25) is 11.7 Å². The second kappa shape index (κ2) is 15.8. The summed E-state index contributed by atoms with van der Waals surface area (Å²) in [4.78, 5) is 26.3. The van der Waals surface area contributed by atoms with Crippen molar-refractivity contribution in [2.45, 2.75) is 52.6 Å². The van der Waals surface area contributed by atoms with Crippen LogP contribution in [0.25, 0.3) is 22.5 Å². The number of aromatic amines is 1. The number of hydrogen-bond donors (Lipinski definition) is 2. The predicted molar refractivity (Wildman–Crippen MR) is 124 cm³/mol. The summed E-state index contributed by atoms with van der Waals surface area (Å²) < 4.78 is 0. The van der Waals surface area contributed by atoms with Gasteiger partial charge in [0.15, 0.2) is 0 Å². The van der Waals surface area contributed by atoms with Gasteiger partial charge in [-0.25, -0.2) is 4.79 Å². The van der Waals surface area contributed by atoms with Crippen molar-refractivity contribution < 1.29 is 120 Å². The molecule has 1 heterocycles. The Hall–Kier alpha value is -0.277. The van der Waals surface area contributed by atoms with Crippen molar-refractivity contribution in [2.24, 2.45) is 5.92 Å². The number of nitrogens with one attached hydrogen (secondary N) is 1. The van der Waals surface area contributed by atoms with Crippen molar-refractivity contribution in [1.29, 1.82) is 0 Å². The molecule has 1 amide bonds. The number of rotatable bonds is 10. The molecule has 1 aromatic heterocycles. The molecule has 0 aliphatic carbocycles. The summed E-state index contributed by atoms with van der Waals surface area (Å²) in [7, 11) is 0. The van der Waals surface area contributed by atoms with Gasteiger partial charge in [0.05, 0.1) is 0 Å². The molecule has 0 saturated heterocycles. The molecule has 8 nitrogen and oxygen atoms in total. The first-order chi connectivity index (χ1) is 15.4. The van der Waals surface area contributed by atoms with Crippen molar-refractivity contribution in [3.05, 3.63) is 54.1 Å². The number of tetrazole rings is 1. The molecule has 0 saturated carbocycles. The minimum atomic E-state index is -0.976. The molecule has 172 valence electrons. The molecule has 34 heavy (non-hydrogen) atoms. The van der Waals surface area contributed by atoms with Gasteiger partial charge >= 0.3 is 109 Å². The van der Waals surface area contributed by atoms with Crippen LogP contribution < -0.4 is 103 Å². The monoisotopic (exact) mass is 515 g/mol. The molecule has 2 aromatic carbocycles. The van der Waals surface area contributed by atoms with Crippen molar-refractivity contribution >= 4 is 11.9 Å². The Morgan fingerprint density at radius 3 is 2.24 bits per heavy atom. The fraction of sp³-hybridized carbons (Fsp3) is 0.375. The second-order valence-electron chi connectivity index (χ2n) is 8.13. The Morgan fingerprint density at radius 1 is 1.06 bits per heavy atom. The first-order valence-corrected chi connectivity index (χ1v) is 10.9. The molecule has 0 radical (unpaired) electrons. The van der Waals surface area contributed by atoms with Crippen molar-refractivity contribution in [1.82, 2.24) is 25.5 Å². The summed E-state index contributed by atoms with van der Waals surface area (Å²) >= 11 is 0. The quantitative estimate of drug-likeness (QED) is 0.315. The summed E-state index contributed by atoms with van der Waals surface area (Å²) in [6, 6.07) is 14.7. The van der Waals surface area contributed by atoms with E-state index in [1.165, 1.54) is 4.90 Å². The summed E-state index contributed by atoms with van der Waals surface area (Å²) in [6.07, 6.45) is 1.97. The van der Waals surface area contributed by atoms with E-state index < -0.39 is 12.0 Å². The van der Waals surface area contributed by atoms with Crippen LogP contribution in [0.2, 0.25) is 0 Å². The minimum absolute atomic E-state index is 0. The Balaban J connectivity index is 0. The van der Waals surface area contributed by atoms with E-state index in [0.29, 0.717) is 12.2 Å². The maximum Gasteiger partial charge on any atom is 1.00 e. The average molecular weight is 516 g/mol. The Kier molecular flexibility index (Phi) is 14.7. The molecule has 0 fully saturated rings. The molecule has 1 atom stereocenters. The van der Waals surface area contributed by atoms with Crippen LogP contribution in [-0.4, -0.2) is 48.5 Å². The van der Waals surface area contributed by atoms with Crippen LogP contribution in [0, 0.1) is 5.92 Å². The Bertz CT molecular complexity index is 1050. The number of aromatic nitrogens is 4. The molecule has 0 spiro atoms. The molecule has 2 N–H and O–H groups in total. The van der Waals surface area contributed by atoms with E-state index in [0.717, 1.165) is 35.1 Å². The fourth-order valence-corrected chi connectivity index (χ4v) is 3.78. The smallest absolute Gasteiger partial charge is 1.00 e. The predicted octanol–water partition coefficient (Wildman–Crippen LogP) is -1.61. The third kappa shape index (κ3) is 8.39. The number of carboxylic acids is 1. The normalized spacial score (nSPS) is 11.3. The molecular formula is C24H31K2N5O3. The number of carboxylic acid groups (broad SMARTS) is 1. The van der Waals surface area contributed by atoms with Crippen LogP contribution in [0.1, 0.15) is 48.5 Å². The van der Waals surface area contributed by atoms with E-state index in [1.807, 2.05) is 69.3 Å². The number of benzene rings is 2. The standard InChI is InChI=1S/C24H29N5O3.2K.2H/c1-4-5-10-21(30)29(22(16(2)3)24(31)32)15-17-11-13-18(14-12-17)19-8-6-7-9-20(19)23-25-27-28-26-23;;;;/h6-9,11-14,16,22H,4-5,10,15H2,1-3H3,(H,31,32)(H,25,26,27,28);;;;/q;2*+1;2*-1/t22-;;;;/m0..../s1. The van der Waals surface area contributed by atoms with Gasteiger partial charge in [-0.15, -0.1) is 10.2 Å². The zero-order valence-corrected chi connectivity index (χ0v) is 26.9.